The van der Waals surface area contributed by atoms with Crippen LogP contribution < -0.4 is 4.74 Å². The summed E-state index contributed by atoms with van der Waals surface area (Å²) in [5.41, 5.74) is 2.46. The fourth-order valence-corrected chi connectivity index (χ4v) is 3.85. The van der Waals surface area contributed by atoms with E-state index in [9.17, 15) is 10.2 Å². The Kier molecular flexibility index (Phi) is 6.13. The largest absolute Gasteiger partial charge is 0.497 e. The van der Waals surface area contributed by atoms with Gasteiger partial charge in [0.25, 0.3) is 0 Å². The second-order valence-electron chi connectivity index (χ2n) is 8.95. The van der Waals surface area contributed by atoms with Crippen LogP contribution in [0.25, 0.3) is 0 Å². The lowest BCUT2D eigenvalue weighted by molar-refractivity contribution is -0.0345. The van der Waals surface area contributed by atoms with E-state index in [0.29, 0.717) is 19.4 Å². The quantitative estimate of drug-likeness (QED) is 0.819. The molecule has 0 unspecified atom stereocenters. The predicted molar refractivity (Wildman–Crippen MR) is 113 cm³/mol. The molecular formula is C24H33NO3. The Morgan fingerprint density at radius 3 is 2.07 bits per heavy atom. The predicted octanol–water partition coefficient (Wildman–Crippen LogP) is 4.01. The molecule has 0 spiro atoms. The zero-order chi connectivity index (χ0) is 20.4. The molecule has 0 amide bonds. The molecule has 2 N–H and O–H groups in total. The lowest BCUT2D eigenvalue weighted by Gasteiger charge is -2.39. The number of likely N-dealkylation sites (tertiary alicyclic amines) is 1. The highest BCUT2D eigenvalue weighted by Gasteiger charge is 2.34. The van der Waals surface area contributed by atoms with Gasteiger partial charge in [0.15, 0.2) is 0 Å². The number of hydrogen-bond acceptors (Lipinski definition) is 4. The summed E-state index contributed by atoms with van der Waals surface area (Å²) in [6.45, 7) is 8.69. The Labute approximate surface area is 168 Å². The van der Waals surface area contributed by atoms with Crippen LogP contribution >= 0.6 is 0 Å². The molecule has 3 rings (SSSR count). The van der Waals surface area contributed by atoms with Crippen LogP contribution in [-0.2, 0) is 11.0 Å². The summed E-state index contributed by atoms with van der Waals surface area (Å²) in [6, 6.07) is 16.0. The van der Waals surface area contributed by atoms with E-state index in [-0.39, 0.29) is 5.41 Å². The Morgan fingerprint density at radius 2 is 1.57 bits per heavy atom. The van der Waals surface area contributed by atoms with Gasteiger partial charge in [0.05, 0.1) is 18.8 Å². The summed E-state index contributed by atoms with van der Waals surface area (Å²) < 4.78 is 5.20. The Balaban J connectivity index is 1.57. The third-order valence-corrected chi connectivity index (χ3v) is 5.90. The second kappa shape index (κ2) is 8.24. The average molecular weight is 384 g/mol. The maximum absolute atomic E-state index is 11.1. The molecule has 1 aliphatic heterocycles. The summed E-state index contributed by atoms with van der Waals surface area (Å²) in [5, 5.41) is 21.7. The van der Waals surface area contributed by atoms with Crippen LogP contribution in [0, 0.1) is 0 Å². The van der Waals surface area contributed by atoms with Gasteiger partial charge in [-0.15, -0.1) is 0 Å². The minimum Gasteiger partial charge on any atom is -0.497 e. The number of β-amino-alcohol motifs (C(OH)–C–C–N with tert-alkyl or cyclic N) is 1. The Bertz CT molecular complexity index is 754. The van der Waals surface area contributed by atoms with Gasteiger partial charge in [0.2, 0.25) is 0 Å². The van der Waals surface area contributed by atoms with E-state index in [4.69, 9.17) is 4.74 Å². The zero-order valence-corrected chi connectivity index (χ0v) is 17.5. The lowest BCUT2D eigenvalue weighted by Crippen LogP contribution is -2.43. The van der Waals surface area contributed by atoms with Crippen molar-refractivity contribution in [1.82, 2.24) is 4.90 Å². The summed E-state index contributed by atoms with van der Waals surface area (Å²) in [6.07, 6.45) is 0.811. The van der Waals surface area contributed by atoms with Crippen LogP contribution in [0.4, 0.5) is 0 Å². The fraction of sp³-hybridized carbons (Fsp3) is 0.500. The molecule has 2 aromatic rings. The molecule has 1 saturated heterocycles. The molecule has 1 fully saturated rings. The van der Waals surface area contributed by atoms with E-state index >= 15 is 0 Å². The van der Waals surface area contributed by atoms with E-state index < -0.39 is 11.7 Å². The SMILES string of the molecule is COc1ccc(C2(O)CCN(C[C@@H](O)c3ccc(C(C)(C)C)cc3)CC2)cc1. The standard InChI is InChI=1S/C24H33NO3/c1-23(2,3)19-7-5-18(6-8-19)22(26)17-25-15-13-24(27,14-16-25)20-9-11-21(28-4)12-10-20/h5-12,22,26-27H,13-17H2,1-4H3/t22-/m1/s1. The van der Waals surface area contributed by atoms with Gasteiger partial charge in [-0.05, 0) is 47.1 Å². The summed E-state index contributed by atoms with van der Waals surface area (Å²) in [7, 11) is 1.64. The van der Waals surface area contributed by atoms with Crippen molar-refractivity contribution in [3.05, 3.63) is 65.2 Å². The van der Waals surface area contributed by atoms with Crippen molar-refractivity contribution in [2.24, 2.45) is 0 Å². The van der Waals surface area contributed by atoms with Crippen molar-refractivity contribution in [3.63, 3.8) is 0 Å². The number of piperidine rings is 1. The number of aliphatic hydroxyl groups excluding tert-OH is 1. The zero-order valence-electron chi connectivity index (χ0n) is 17.5. The molecule has 0 radical (unpaired) electrons. The van der Waals surface area contributed by atoms with Crippen molar-refractivity contribution in [1.29, 1.82) is 0 Å². The lowest BCUT2D eigenvalue weighted by atomic mass is 9.84. The maximum atomic E-state index is 11.1. The highest BCUT2D eigenvalue weighted by molar-refractivity contribution is 5.31. The van der Waals surface area contributed by atoms with Crippen LogP contribution in [0.3, 0.4) is 0 Å². The van der Waals surface area contributed by atoms with E-state index in [1.54, 1.807) is 7.11 Å². The van der Waals surface area contributed by atoms with Gasteiger partial charge in [0.1, 0.15) is 5.75 Å². The van der Waals surface area contributed by atoms with E-state index in [1.165, 1.54) is 5.56 Å². The van der Waals surface area contributed by atoms with Crippen LogP contribution in [0.5, 0.6) is 5.75 Å². The van der Waals surface area contributed by atoms with E-state index in [1.807, 2.05) is 36.4 Å². The molecule has 0 aliphatic carbocycles. The first-order valence-corrected chi connectivity index (χ1v) is 10.1. The van der Waals surface area contributed by atoms with Gasteiger partial charge in [-0.1, -0.05) is 57.2 Å². The summed E-state index contributed by atoms with van der Waals surface area (Å²) in [4.78, 5) is 2.24. The first-order valence-electron chi connectivity index (χ1n) is 10.1. The molecule has 1 aliphatic rings. The van der Waals surface area contributed by atoms with Crippen molar-refractivity contribution < 1.29 is 14.9 Å². The van der Waals surface area contributed by atoms with Gasteiger partial charge in [-0.2, -0.15) is 0 Å². The minimum absolute atomic E-state index is 0.113. The number of methoxy groups -OCH3 is 1. The molecule has 0 saturated carbocycles. The van der Waals surface area contributed by atoms with Crippen molar-refractivity contribution in [2.75, 3.05) is 26.7 Å². The van der Waals surface area contributed by atoms with Crippen LogP contribution in [0.15, 0.2) is 48.5 Å². The molecule has 28 heavy (non-hydrogen) atoms. The average Bonchev–Trinajstić information content (AvgIpc) is 2.69. The Hall–Kier alpha value is -1.88. The second-order valence-corrected chi connectivity index (χ2v) is 8.95. The van der Waals surface area contributed by atoms with Crippen LogP contribution in [-0.4, -0.2) is 41.9 Å². The minimum atomic E-state index is -0.803. The summed E-state index contributed by atoms with van der Waals surface area (Å²) in [5.74, 6) is 0.797. The first-order chi connectivity index (χ1) is 13.2. The number of nitrogens with zero attached hydrogens (tertiary/aromatic N) is 1. The van der Waals surface area contributed by atoms with Crippen molar-refractivity contribution >= 4 is 0 Å². The monoisotopic (exact) mass is 383 g/mol. The molecular weight excluding hydrogens is 350 g/mol. The molecule has 1 heterocycles. The Morgan fingerprint density at radius 1 is 1.00 bits per heavy atom. The highest BCUT2D eigenvalue weighted by atomic mass is 16.5. The van der Waals surface area contributed by atoms with Gasteiger partial charge in [-0.25, -0.2) is 0 Å². The highest BCUT2D eigenvalue weighted by Crippen LogP contribution is 2.34. The smallest absolute Gasteiger partial charge is 0.118 e. The van der Waals surface area contributed by atoms with Crippen molar-refractivity contribution in [3.8, 4) is 5.75 Å². The number of rotatable bonds is 5. The normalized spacial score (nSPS) is 18.6. The molecule has 1 atom stereocenters. The summed E-state index contributed by atoms with van der Waals surface area (Å²) >= 11 is 0. The van der Waals surface area contributed by atoms with E-state index in [2.05, 4.69) is 37.8 Å². The van der Waals surface area contributed by atoms with Crippen LogP contribution in [0.1, 0.15) is 56.4 Å². The number of benzene rings is 2. The van der Waals surface area contributed by atoms with Gasteiger partial charge < -0.3 is 19.8 Å². The van der Waals surface area contributed by atoms with Crippen molar-refractivity contribution in [2.45, 2.75) is 50.7 Å². The molecule has 4 heteroatoms. The number of hydrogen-bond donors (Lipinski definition) is 2. The molecule has 0 bridgehead atoms. The fourth-order valence-electron chi connectivity index (χ4n) is 3.85. The van der Waals surface area contributed by atoms with E-state index in [0.717, 1.165) is 30.0 Å². The topological polar surface area (TPSA) is 52.9 Å². The number of aliphatic hydroxyl groups is 2. The molecule has 152 valence electrons. The molecule has 4 nitrogen and oxygen atoms in total. The van der Waals surface area contributed by atoms with Gasteiger partial charge >= 0.3 is 0 Å². The number of ether oxygens (including phenoxy) is 1. The molecule has 2 aromatic carbocycles. The van der Waals surface area contributed by atoms with Gasteiger partial charge in [-0.3, -0.25) is 0 Å². The third-order valence-electron chi connectivity index (χ3n) is 5.90. The third kappa shape index (κ3) is 4.75. The van der Waals surface area contributed by atoms with Crippen LogP contribution in [0.2, 0.25) is 0 Å². The molecule has 0 aromatic heterocycles. The van der Waals surface area contributed by atoms with Gasteiger partial charge in [0, 0.05) is 19.6 Å². The maximum Gasteiger partial charge on any atom is 0.118 e. The first kappa shape index (κ1) is 20.8.